The third-order valence-corrected chi connectivity index (χ3v) is 14.3. The molecule has 0 bridgehead atoms. The van der Waals surface area contributed by atoms with Crippen LogP contribution in [0.1, 0.15) is 5.56 Å². The molecule has 0 saturated carbocycles. The van der Waals surface area contributed by atoms with Gasteiger partial charge < -0.3 is 9.13 Å². The van der Waals surface area contributed by atoms with Gasteiger partial charge in [-0.2, -0.15) is 0 Å². The molecule has 0 unspecified atom stereocenters. The van der Waals surface area contributed by atoms with E-state index in [0.717, 1.165) is 6.54 Å². The average molecular weight is 833 g/mol. The Hall–Kier alpha value is -7.98. The van der Waals surface area contributed by atoms with Crippen LogP contribution in [0.3, 0.4) is 0 Å². The molecule has 3 aromatic heterocycles. The Morgan fingerprint density at radius 1 is 0.281 bits per heavy atom. The summed E-state index contributed by atoms with van der Waals surface area (Å²) in [7, 11) is 0. The lowest BCUT2D eigenvalue weighted by Gasteiger charge is -2.11. The number of benzene rings is 10. The second-order valence-corrected chi connectivity index (χ2v) is 18.0. The molecular weight excluding hydrogens is 793 g/mol. The van der Waals surface area contributed by atoms with Gasteiger partial charge in [-0.25, -0.2) is 0 Å². The number of aromatic nitrogens is 2. The molecule has 64 heavy (non-hydrogen) atoms. The van der Waals surface area contributed by atoms with Crippen LogP contribution in [0.4, 0.5) is 0 Å². The Morgan fingerprint density at radius 2 is 0.766 bits per heavy atom. The molecule has 0 aliphatic heterocycles. The molecule has 2 nitrogen and oxygen atoms in total. The zero-order valence-electron chi connectivity index (χ0n) is 34.9. The minimum atomic E-state index is 0.772. The summed E-state index contributed by atoms with van der Waals surface area (Å²) < 4.78 is 7.59. The minimum absolute atomic E-state index is 0.772. The summed E-state index contributed by atoms with van der Waals surface area (Å²) in [5.74, 6) is 0. The van der Waals surface area contributed by atoms with Crippen LogP contribution in [0.15, 0.2) is 231 Å². The molecule has 3 heteroatoms. The fourth-order valence-corrected chi connectivity index (χ4v) is 11.2. The largest absolute Gasteiger partial charge is 0.336 e. The first-order valence-corrected chi connectivity index (χ1v) is 22.8. The monoisotopic (exact) mass is 832 g/mol. The zero-order valence-corrected chi connectivity index (χ0v) is 35.8. The van der Waals surface area contributed by atoms with E-state index >= 15 is 0 Å². The molecule has 0 aliphatic carbocycles. The standard InChI is InChI=1S/C61H40N2S/c1-2-12-41(13-3-1)44-14-10-15-45(35-44)42-25-27-43(28-26-42)46-16-11-17-47(36-46)48-29-32-57-54(37-48)50-18-4-7-21-56(50)62(57)39-40-24-31-59-53(34-40)51-19-5-8-22-58(51)63(59)49-30-33-61-55(38-49)52-20-6-9-23-60(52)64-61/h1-38H,39H2. The maximum absolute atomic E-state index is 2.50. The molecule has 13 rings (SSSR count). The molecule has 10 aromatic carbocycles. The molecule has 0 amide bonds. The molecule has 0 N–H and O–H groups in total. The van der Waals surface area contributed by atoms with E-state index in [4.69, 9.17) is 0 Å². The summed E-state index contributed by atoms with van der Waals surface area (Å²) in [6, 6.07) is 84.9. The number of fused-ring (bicyclic) bond motifs is 9. The highest BCUT2D eigenvalue weighted by Gasteiger charge is 2.17. The Labute approximate surface area is 375 Å². The normalized spacial score (nSPS) is 11.8. The molecule has 0 spiro atoms. The van der Waals surface area contributed by atoms with E-state index in [1.54, 1.807) is 0 Å². The average Bonchev–Trinajstić information content (AvgIpc) is 4.01. The van der Waals surface area contributed by atoms with E-state index < -0.39 is 0 Å². The van der Waals surface area contributed by atoms with E-state index in [1.807, 2.05) is 11.3 Å². The maximum atomic E-state index is 2.50. The van der Waals surface area contributed by atoms with Crippen LogP contribution in [0.2, 0.25) is 0 Å². The maximum Gasteiger partial charge on any atom is 0.0541 e. The molecular formula is C61H40N2S. The summed E-state index contributed by atoms with van der Waals surface area (Å²) in [5.41, 5.74) is 17.2. The van der Waals surface area contributed by atoms with E-state index in [0.29, 0.717) is 0 Å². The number of rotatable bonds is 7. The van der Waals surface area contributed by atoms with Crippen molar-refractivity contribution in [1.29, 1.82) is 0 Å². The van der Waals surface area contributed by atoms with Gasteiger partial charge in [-0.3, -0.25) is 0 Å². The summed E-state index contributed by atoms with van der Waals surface area (Å²) in [5, 5.41) is 7.73. The minimum Gasteiger partial charge on any atom is -0.336 e. The number of hydrogen-bond acceptors (Lipinski definition) is 1. The summed E-state index contributed by atoms with van der Waals surface area (Å²) in [4.78, 5) is 0. The smallest absolute Gasteiger partial charge is 0.0541 e. The van der Waals surface area contributed by atoms with Crippen LogP contribution >= 0.6 is 11.3 Å². The first-order valence-electron chi connectivity index (χ1n) is 22.0. The second-order valence-electron chi connectivity index (χ2n) is 16.9. The highest BCUT2D eigenvalue weighted by Crippen LogP contribution is 2.40. The third kappa shape index (κ3) is 6.08. The molecule has 13 aromatic rings. The topological polar surface area (TPSA) is 9.86 Å². The quantitative estimate of drug-likeness (QED) is 0.151. The summed E-state index contributed by atoms with van der Waals surface area (Å²) in [6.45, 7) is 0.772. The highest BCUT2D eigenvalue weighted by molar-refractivity contribution is 7.25. The molecule has 0 atom stereocenters. The van der Waals surface area contributed by atoms with Crippen molar-refractivity contribution in [3.63, 3.8) is 0 Å². The molecule has 0 radical (unpaired) electrons. The molecule has 0 saturated heterocycles. The van der Waals surface area contributed by atoms with E-state index in [1.165, 1.54) is 120 Å². The fourth-order valence-electron chi connectivity index (χ4n) is 10.1. The van der Waals surface area contributed by atoms with Gasteiger partial charge in [0.15, 0.2) is 0 Å². The van der Waals surface area contributed by atoms with Gasteiger partial charge in [0.2, 0.25) is 0 Å². The highest BCUT2D eigenvalue weighted by atomic mass is 32.1. The van der Waals surface area contributed by atoms with E-state index in [2.05, 4.69) is 240 Å². The lowest BCUT2D eigenvalue weighted by Crippen LogP contribution is -1.99. The van der Waals surface area contributed by atoms with Crippen molar-refractivity contribution in [2.45, 2.75) is 6.54 Å². The number of nitrogens with zero attached hydrogens (tertiary/aromatic N) is 2. The van der Waals surface area contributed by atoms with Crippen LogP contribution in [0.25, 0.3) is 114 Å². The number of hydrogen-bond donors (Lipinski definition) is 0. The van der Waals surface area contributed by atoms with Crippen molar-refractivity contribution < 1.29 is 0 Å². The lowest BCUT2D eigenvalue weighted by atomic mass is 9.95. The van der Waals surface area contributed by atoms with Crippen molar-refractivity contribution in [3.05, 3.63) is 236 Å². The van der Waals surface area contributed by atoms with E-state index in [9.17, 15) is 0 Å². The van der Waals surface area contributed by atoms with Gasteiger partial charge >= 0.3 is 0 Å². The van der Waals surface area contributed by atoms with Crippen molar-refractivity contribution in [3.8, 4) is 50.2 Å². The van der Waals surface area contributed by atoms with Crippen molar-refractivity contribution >= 4 is 75.1 Å². The van der Waals surface area contributed by atoms with Crippen LogP contribution in [0, 0.1) is 0 Å². The Bertz CT molecular complexity index is 3920. The lowest BCUT2D eigenvalue weighted by molar-refractivity contribution is 0.870. The van der Waals surface area contributed by atoms with Crippen molar-refractivity contribution in [2.75, 3.05) is 0 Å². The Morgan fingerprint density at radius 3 is 1.50 bits per heavy atom. The Kier molecular flexibility index (Phi) is 8.50. The second kappa shape index (κ2) is 14.8. The van der Waals surface area contributed by atoms with E-state index in [-0.39, 0.29) is 0 Å². The zero-order chi connectivity index (χ0) is 42.1. The summed E-state index contributed by atoms with van der Waals surface area (Å²) >= 11 is 1.87. The third-order valence-electron chi connectivity index (χ3n) is 13.2. The first-order chi connectivity index (χ1) is 31.7. The van der Waals surface area contributed by atoms with Gasteiger partial charge in [0, 0.05) is 65.0 Å². The number of para-hydroxylation sites is 2. The van der Waals surface area contributed by atoms with Gasteiger partial charge in [0.1, 0.15) is 0 Å². The molecule has 0 aliphatic rings. The van der Waals surface area contributed by atoms with Crippen LogP contribution in [0.5, 0.6) is 0 Å². The van der Waals surface area contributed by atoms with Gasteiger partial charge in [0.25, 0.3) is 0 Å². The first kappa shape index (κ1) is 36.7. The van der Waals surface area contributed by atoms with Crippen molar-refractivity contribution in [2.24, 2.45) is 0 Å². The van der Waals surface area contributed by atoms with Crippen LogP contribution < -0.4 is 0 Å². The van der Waals surface area contributed by atoms with Gasteiger partial charge in [0.05, 0.1) is 11.0 Å². The predicted molar refractivity (Wildman–Crippen MR) is 274 cm³/mol. The molecule has 300 valence electrons. The van der Waals surface area contributed by atoms with Crippen molar-refractivity contribution in [1.82, 2.24) is 9.13 Å². The van der Waals surface area contributed by atoms with Crippen LogP contribution in [-0.4, -0.2) is 9.13 Å². The summed E-state index contributed by atoms with van der Waals surface area (Å²) in [6.07, 6.45) is 0. The predicted octanol–water partition coefficient (Wildman–Crippen LogP) is 17.0. The molecule has 3 heterocycles. The SMILES string of the molecule is c1ccc(-c2cccc(-c3ccc(-c4cccc(-c5ccc6c(c5)c5ccccc5n6Cc5ccc6c(c5)c5ccccc5n6-c5ccc6sc7ccccc7c6c5)c4)cc3)c2)cc1. The molecule has 0 fully saturated rings. The van der Waals surface area contributed by atoms with Gasteiger partial charge in [-0.1, -0.05) is 158 Å². The Balaban J connectivity index is 0.837. The van der Waals surface area contributed by atoms with Crippen LogP contribution in [-0.2, 0) is 6.54 Å². The van der Waals surface area contributed by atoms with Gasteiger partial charge in [-0.15, -0.1) is 11.3 Å². The van der Waals surface area contributed by atoms with Gasteiger partial charge in [-0.05, 0) is 123 Å². The fraction of sp³-hybridized carbons (Fsp3) is 0.0164. The number of thiophene rings is 1.